The Balaban J connectivity index is 2.63. The van der Waals surface area contributed by atoms with Gasteiger partial charge in [-0.2, -0.15) is 0 Å². The van der Waals surface area contributed by atoms with Crippen molar-refractivity contribution in [2.24, 2.45) is 10.9 Å². The summed E-state index contributed by atoms with van der Waals surface area (Å²) in [5, 5.41) is 0. The lowest BCUT2D eigenvalue weighted by Gasteiger charge is -2.29. The molecule has 1 unspecified atom stereocenters. The number of aliphatic imine (C=N–C) groups is 1. The molecular weight excluding hydrogens is 178 g/mol. The van der Waals surface area contributed by atoms with Gasteiger partial charge >= 0.3 is 0 Å². The minimum absolute atomic E-state index is 0.230. The van der Waals surface area contributed by atoms with Crippen molar-refractivity contribution in [2.75, 3.05) is 0 Å². The zero-order chi connectivity index (χ0) is 9.90. The van der Waals surface area contributed by atoms with Crippen LogP contribution in [0.1, 0.15) is 40.5 Å². The van der Waals surface area contributed by atoms with E-state index in [1.54, 1.807) is 0 Å². The highest BCUT2D eigenvalue weighted by molar-refractivity contribution is 8.05. The Morgan fingerprint density at radius 1 is 1.54 bits per heavy atom. The Morgan fingerprint density at radius 3 is 2.77 bits per heavy atom. The molecule has 0 saturated heterocycles. The highest BCUT2D eigenvalue weighted by Crippen LogP contribution is 2.39. The van der Waals surface area contributed by atoms with Crippen LogP contribution in [-0.2, 0) is 0 Å². The molecule has 1 aliphatic rings. The monoisotopic (exact) mass is 197 g/mol. The van der Waals surface area contributed by atoms with Gasteiger partial charge in [0.2, 0.25) is 0 Å². The van der Waals surface area contributed by atoms with Crippen molar-refractivity contribution in [1.29, 1.82) is 0 Å². The van der Waals surface area contributed by atoms with Gasteiger partial charge in [0.05, 0.1) is 4.75 Å². The molecule has 13 heavy (non-hydrogen) atoms. The van der Waals surface area contributed by atoms with Gasteiger partial charge in [-0.1, -0.05) is 20.8 Å². The standard InChI is InChI=1S/C11H19NS/c1-5-10-7-12-8-11(4,13-10)6-9(2)3/h7-9H,5-6H2,1-4H3. The molecule has 0 aromatic heterocycles. The van der Waals surface area contributed by atoms with Crippen LogP contribution in [0.25, 0.3) is 0 Å². The summed E-state index contributed by atoms with van der Waals surface area (Å²) in [5.41, 5.74) is 0. The van der Waals surface area contributed by atoms with E-state index in [9.17, 15) is 0 Å². The number of allylic oxidation sites excluding steroid dienone is 1. The number of thioether (sulfide) groups is 1. The summed E-state index contributed by atoms with van der Waals surface area (Å²) in [4.78, 5) is 5.74. The van der Waals surface area contributed by atoms with E-state index in [1.165, 1.54) is 11.3 Å². The van der Waals surface area contributed by atoms with E-state index in [-0.39, 0.29) is 4.75 Å². The summed E-state index contributed by atoms with van der Waals surface area (Å²) < 4.78 is 0.230. The van der Waals surface area contributed by atoms with Crippen molar-refractivity contribution in [1.82, 2.24) is 0 Å². The normalized spacial score (nSPS) is 27.9. The molecule has 0 bridgehead atoms. The Morgan fingerprint density at radius 2 is 2.23 bits per heavy atom. The summed E-state index contributed by atoms with van der Waals surface area (Å²) >= 11 is 1.97. The van der Waals surface area contributed by atoms with Crippen molar-refractivity contribution in [3.8, 4) is 0 Å². The molecule has 0 amide bonds. The summed E-state index contributed by atoms with van der Waals surface area (Å²) in [5.74, 6) is 0.736. The van der Waals surface area contributed by atoms with Crippen molar-refractivity contribution in [3.63, 3.8) is 0 Å². The fourth-order valence-electron chi connectivity index (χ4n) is 1.70. The first-order chi connectivity index (χ1) is 6.06. The molecule has 1 heterocycles. The van der Waals surface area contributed by atoms with E-state index in [2.05, 4.69) is 38.9 Å². The molecule has 0 radical (unpaired) electrons. The molecule has 1 nitrogen and oxygen atoms in total. The van der Waals surface area contributed by atoms with E-state index in [0.717, 1.165) is 12.3 Å². The lowest BCUT2D eigenvalue weighted by molar-refractivity contribution is 0.552. The third kappa shape index (κ3) is 3.18. The molecule has 0 aromatic carbocycles. The average Bonchev–Trinajstić information content (AvgIpc) is 2.02. The third-order valence-electron chi connectivity index (χ3n) is 2.09. The van der Waals surface area contributed by atoms with Gasteiger partial charge in [0.25, 0.3) is 0 Å². The van der Waals surface area contributed by atoms with Gasteiger partial charge in [0.1, 0.15) is 0 Å². The quantitative estimate of drug-likeness (QED) is 0.669. The highest BCUT2D eigenvalue weighted by Gasteiger charge is 2.26. The molecule has 0 spiro atoms. The van der Waals surface area contributed by atoms with Crippen molar-refractivity contribution in [2.45, 2.75) is 45.3 Å². The van der Waals surface area contributed by atoms with E-state index >= 15 is 0 Å². The van der Waals surface area contributed by atoms with Crippen LogP contribution in [0.2, 0.25) is 0 Å². The first kappa shape index (κ1) is 10.8. The van der Waals surface area contributed by atoms with Crippen LogP contribution < -0.4 is 0 Å². The van der Waals surface area contributed by atoms with Crippen LogP contribution in [0.5, 0.6) is 0 Å². The Bertz CT molecular complexity index is 230. The number of nitrogens with zero attached hydrogens (tertiary/aromatic N) is 1. The van der Waals surface area contributed by atoms with E-state index in [1.807, 2.05) is 18.0 Å². The topological polar surface area (TPSA) is 12.4 Å². The fraction of sp³-hybridized carbons (Fsp3) is 0.727. The second kappa shape index (κ2) is 4.32. The second-order valence-corrected chi connectivity index (χ2v) is 5.90. The van der Waals surface area contributed by atoms with Gasteiger partial charge in [0, 0.05) is 17.3 Å². The molecule has 2 heteroatoms. The van der Waals surface area contributed by atoms with E-state index in [4.69, 9.17) is 0 Å². The van der Waals surface area contributed by atoms with Crippen molar-refractivity contribution >= 4 is 18.0 Å². The molecule has 1 rings (SSSR count). The molecular formula is C11H19NS. The molecule has 0 saturated carbocycles. The van der Waals surface area contributed by atoms with Crippen LogP contribution in [0, 0.1) is 5.92 Å². The molecule has 0 aliphatic carbocycles. The second-order valence-electron chi connectivity index (χ2n) is 4.24. The zero-order valence-electron chi connectivity index (χ0n) is 9.00. The van der Waals surface area contributed by atoms with Crippen molar-refractivity contribution < 1.29 is 0 Å². The smallest absolute Gasteiger partial charge is 0.0529 e. The maximum Gasteiger partial charge on any atom is 0.0529 e. The largest absolute Gasteiger partial charge is 0.267 e. The number of hydrogen-bond acceptors (Lipinski definition) is 2. The van der Waals surface area contributed by atoms with Gasteiger partial charge < -0.3 is 0 Å². The van der Waals surface area contributed by atoms with E-state index < -0.39 is 0 Å². The van der Waals surface area contributed by atoms with Gasteiger partial charge in [0.15, 0.2) is 0 Å². The molecule has 0 fully saturated rings. The third-order valence-corrected chi connectivity index (χ3v) is 3.49. The van der Waals surface area contributed by atoms with Gasteiger partial charge in [-0.15, -0.1) is 11.8 Å². The summed E-state index contributed by atoms with van der Waals surface area (Å²) in [6, 6.07) is 0. The Kier molecular flexibility index (Phi) is 3.60. The van der Waals surface area contributed by atoms with Crippen LogP contribution in [0.3, 0.4) is 0 Å². The molecule has 1 atom stereocenters. The first-order valence-corrected chi connectivity index (χ1v) is 5.80. The average molecular weight is 197 g/mol. The lowest BCUT2D eigenvalue weighted by Crippen LogP contribution is -2.26. The van der Waals surface area contributed by atoms with Crippen LogP contribution in [-0.4, -0.2) is 11.0 Å². The Labute approximate surface area is 85.7 Å². The van der Waals surface area contributed by atoms with Gasteiger partial charge in [-0.25, -0.2) is 0 Å². The number of hydrogen-bond donors (Lipinski definition) is 0. The van der Waals surface area contributed by atoms with Gasteiger partial charge in [-0.3, -0.25) is 4.99 Å². The van der Waals surface area contributed by atoms with E-state index in [0.29, 0.717) is 0 Å². The maximum atomic E-state index is 4.33. The summed E-state index contributed by atoms with van der Waals surface area (Å²) in [6.07, 6.45) is 6.40. The van der Waals surface area contributed by atoms with Crippen LogP contribution >= 0.6 is 11.8 Å². The SMILES string of the molecule is CCC1=CN=CC(C)(CC(C)C)S1. The Hall–Kier alpha value is -0.240. The minimum atomic E-state index is 0.230. The number of rotatable bonds is 3. The molecule has 1 aliphatic heterocycles. The van der Waals surface area contributed by atoms with Crippen LogP contribution in [0.15, 0.2) is 16.1 Å². The fourth-order valence-corrected chi connectivity index (χ4v) is 3.09. The minimum Gasteiger partial charge on any atom is -0.267 e. The lowest BCUT2D eigenvalue weighted by atomic mass is 9.99. The first-order valence-electron chi connectivity index (χ1n) is 4.98. The van der Waals surface area contributed by atoms with Crippen LogP contribution in [0.4, 0.5) is 0 Å². The summed E-state index contributed by atoms with van der Waals surface area (Å²) in [6.45, 7) is 9.01. The van der Waals surface area contributed by atoms with Gasteiger partial charge in [-0.05, 0) is 25.7 Å². The zero-order valence-corrected chi connectivity index (χ0v) is 9.82. The summed E-state index contributed by atoms with van der Waals surface area (Å²) in [7, 11) is 0. The maximum absolute atomic E-state index is 4.33. The highest BCUT2D eigenvalue weighted by atomic mass is 32.2. The predicted octanol–water partition coefficient (Wildman–Crippen LogP) is 3.86. The molecule has 0 N–H and O–H groups in total. The molecule has 74 valence electrons. The molecule has 0 aromatic rings. The van der Waals surface area contributed by atoms with Crippen molar-refractivity contribution in [3.05, 3.63) is 11.1 Å². The predicted molar refractivity (Wildman–Crippen MR) is 62.3 cm³/mol.